The zero-order chi connectivity index (χ0) is 13.0. The van der Waals surface area contributed by atoms with Gasteiger partial charge in [0.2, 0.25) is 5.95 Å². The predicted octanol–water partition coefficient (Wildman–Crippen LogP) is 4.39. The van der Waals surface area contributed by atoms with Crippen molar-refractivity contribution >= 4 is 23.2 Å². The van der Waals surface area contributed by atoms with Crippen LogP contribution in [0.4, 0.5) is 11.6 Å². The Kier molecular flexibility index (Phi) is 4.26. The lowest BCUT2D eigenvalue weighted by molar-refractivity contribution is 0.638. The number of hydrogen-bond acceptors (Lipinski definition) is 2. The van der Waals surface area contributed by atoms with Crippen LogP contribution in [0.25, 0.3) is 0 Å². The van der Waals surface area contributed by atoms with Crippen LogP contribution in [-0.2, 0) is 6.54 Å². The number of rotatable bonds is 5. The van der Waals surface area contributed by atoms with E-state index in [9.17, 15) is 0 Å². The molecule has 0 unspecified atom stereocenters. The fourth-order valence-corrected chi connectivity index (χ4v) is 1.96. The second-order valence-corrected chi connectivity index (χ2v) is 4.81. The minimum Gasteiger partial charge on any atom is -0.324 e. The van der Waals surface area contributed by atoms with E-state index in [0.717, 1.165) is 24.6 Å². The van der Waals surface area contributed by atoms with E-state index < -0.39 is 0 Å². The highest BCUT2D eigenvalue weighted by molar-refractivity contribution is 6.33. The number of anilines is 2. The predicted molar refractivity (Wildman–Crippen MR) is 76.6 cm³/mol. The summed E-state index contributed by atoms with van der Waals surface area (Å²) in [5, 5.41) is 4.00. The molecule has 2 aromatic rings. The molecule has 0 aliphatic rings. The summed E-state index contributed by atoms with van der Waals surface area (Å²) in [7, 11) is 0. The van der Waals surface area contributed by atoms with Crippen molar-refractivity contribution in [2.45, 2.75) is 33.2 Å². The van der Waals surface area contributed by atoms with Crippen LogP contribution in [0.5, 0.6) is 0 Å². The zero-order valence-corrected chi connectivity index (χ0v) is 11.5. The molecule has 0 saturated carbocycles. The standard InChI is InChI=1S/C14H18ClN3/c1-3-4-8-18-9-7-16-14(18)17-13-10-11(2)5-6-12(13)15/h5-7,9-10H,3-4,8H2,1-2H3,(H,16,17). The molecule has 0 radical (unpaired) electrons. The molecule has 0 spiro atoms. The van der Waals surface area contributed by atoms with Crippen molar-refractivity contribution in [2.24, 2.45) is 0 Å². The van der Waals surface area contributed by atoms with E-state index in [2.05, 4.69) is 21.8 Å². The highest BCUT2D eigenvalue weighted by Gasteiger charge is 2.05. The minimum absolute atomic E-state index is 0.714. The first kappa shape index (κ1) is 13.0. The smallest absolute Gasteiger partial charge is 0.207 e. The Bertz CT molecular complexity index is 520. The second-order valence-electron chi connectivity index (χ2n) is 4.41. The largest absolute Gasteiger partial charge is 0.324 e. The Morgan fingerprint density at radius 2 is 2.22 bits per heavy atom. The number of nitrogens with one attached hydrogen (secondary N) is 1. The van der Waals surface area contributed by atoms with Gasteiger partial charge in [-0.3, -0.25) is 0 Å². The van der Waals surface area contributed by atoms with E-state index >= 15 is 0 Å². The van der Waals surface area contributed by atoms with Crippen molar-refractivity contribution in [1.29, 1.82) is 0 Å². The fourth-order valence-electron chi connectivity index (χ4n) is 1.80. The molecule has 1 heterocycles. The third-order valence-electron chi connectivity index (χ3n) is 2.84. The lowest BCUT2D eigenvalue weighted by Gasteiger charge is -2.11. The summed E-state index contributed by atoms with van der Waals surface area (Å²) < 4.78 is 2.11. The number of aryl methyl sites for hydroxylation is 2. The van der Waals surface area contributed by atoms with Gasteiger partial charge in [-0.15, -0.1) is 0 Å². The Labute approximate surface area is 113 Å². The van der Waals surface area contributed by atoms with Gasteiger partial charge in [-0.05, 0) is 31.0 Å². The third kappa shape index (κ3) is 3.05. The summed E-state index contributed by atoms with van der Waals surface area (Å²) in [4.78, 5) is 4.33. The van der Waals surface area contributed by atoms with Crippen LogP contribution < -0.4 is 5.32 Å². The van der Waals surface area contributed by atoms with Crippen LogP contribution in [-0.4, -0.2) is 9.55 Å². The maximum atomic E-state index is 6.17. The minimum atomic E-state index is 0.714. The van der Waals surface area contributed by atoms with E-state index in [0.29, 0.717) is 5.02 Å². The van der Waals surface area contributed by atoms with Gasteiger partial charge in [0.25, 0.3) is 0 Å². The summed E-state index contributed by atoms with van der Waals surface area (Å²) in [5.74, 6) is 0.843. The van der Waals surface area contributed by atoms with E-state index in [1.54, 1.807) is 0 Å². The van der Waals surface area contributed by atoms with Crippen molar-refractivity contribution in [3.05, 3.63) is 41.2 Å². The van der Waals surface area contributed by atoms with Crippen LogP contribution in [0, 0.1) is 6.92 Å². The van der Waals surface area contributed by atoms with Crippen LogP contribution in [0.2, 0.25) is 5.02 Å². The molecule has 2 rings (SSSR count). The summed E-state index contributed by atoms with van der Waals surface area (Å²) >= 11 is 6.17. The monoisotopic (exact) mass is 263 g/mol. The van der Waals surface area contributed by atoms with Gasteiger partial charge in [0.15, 0.2) is 0 Å². The first-order valence-corrected chi connectivity index (χ1v) is 6.63. The summed E-state index contributed by atoms with van der Waals surface area (Å²) in [5.41, 5.74) is 2.08. The van der Waals surface area contributed by atoms with Gasteiger partial charge in [-0.25, -0.2) is 4.98 Å². The van der Waals surface area contributed by atoms with Gasteiger partial charge in [0.1, 0.15) is 0 Å². The van der Waals surface area contributed by atoms with Crippen LogP contribution in [0.15, 0.2) is 30.6 Å². The molecule has 96 valence electrons. The Hall–Kier alpha value is -1.48. The van der Waals surface area contributed by atoms with Gasteiger partial charge in [-0.1, -0.05) is 31.0 Å². The molecule has 18 heavy (non-hydrogen) atoms. The third-order valence-corrected chi connectivity index (χ3v) is 3.17. The summed E-state index contributed by atoms with van der Waals surface area (Å²) in [6.45, 7) is 5.20. The molecule has 0 saturated heterocycles. The maximum Gasteiger partial charge on any atom is 0.207 e. The molecule has 3 nitrogen and oxygen atoms in total. The van der Waals surface area contributed by atoms with Crippen LogP contribution in [0.3, 0.4) is 0 Å². The molecular weight excluding hydrogens is 246 g/mol. The molecule has 1 aromatic heterocycles. The van der Waals surface area contributed by atoms with Crippen molar-refractivity contribution < 1.29 is 0 Å². The lowest BCUT2D eigenvalue weighted by atomic mass is 10.2. The van der Waals surface area contributed by atoms with Crippen molar-refractivity contribution in [2.75, 3.05) is 5.32 Å². The van der Waals surface area contributed by atoms with E-state index in [-0.39, 0.29) is 0 Å². The molecule has 0 aliphatic carbocycles. The van der Waals surface area contributed by atoms with Gasteiger partial charge in [-0.2, -0.15) is 0 Å². The first-order chi connectivity index (χ1) is 8.70. The van der Waals surface area contributed by atoms with Crippen molar-refractivity contribution in [3.63, 3.8) is 0 Å². The average molecular weight is 264 g/mol. The molecule has 0 aliphatic heterocycles. The lowest BCUT2D eigenvalue weighted by Crippen LogP contribution is -2.03. The Balaban J connectivity index is 2.18. The Morgan fingerprint density at radius 1 is 1.39 bits per heavy atom. The van der Waals surface area contributed by atoms with Gasteiger partial charge in [0, 0.05) is 18.9 Å². The van der Waals surface area contributed by atoms with Crippen LogP contribution in [0.1, 0.15) is 25.3 Å². The average Bonchev–Trinajstić information content (AvgIpc) is 2.79. The molecular formula is C14H18ClN3. The molecule has 0 amide bonds. The number of hydrogen-bond donors (Lipinski definition) is 1. The highest BCUT2D eigenvalue weighted by Crippen LogP contribution is 2.25. The summed E-state index contributed by atoms with van der Waals surface area (Å²) in [6.07, 6.45) is 6.11. The van der Waals surface area contributed by atoms with E-state index in [1.807, 2.05) is 37.5 Å². The molecule has 1 aromatic carbocycles. The van der Waals surface area contributed by atoms with Gasteiger partial charge >= 0.3 is 0 Å². The second kappa shape index (κ2) is 5.91. The number of unbranched alkanes of at least 4 members (excludes halogenated alkanes) is 1. The number of imidazole rings is 1. The fraction of sp³-hybridized carbons (Fsp3) is 0.357. The number of aromatic nitrogens is 2. The highest BCUT2D eigenvalue weighted by atomic mass is 35.5. The molecule has 4 heteroatoms. The SMILES string of the molecule is CCCCn1ccnc1Nc1cc(C)ccc1Cl. The molecule has 0 bridgehead atoms. The first-order valence-electron chi connectivity index (χ1n) is 6.25. The number of nitrogens with zero attached hydrogens (tertiary/aromatic N) is 2. The van der Waals surface area contributed by atoms with Crippen LogP contribution >= 0.6 is 11.6 Å². The van der Waals surface area contributed by atoms with Crippen molar-refractivity contribution in [1.82, 2.24) is 9.55 Å². The normalized spacial score (nSPS) is 10.6. The van der Waals surface area contributed by atoms with Gasteiger partial charge < -0.3 is 9.88 Å². The van der Waals surface area contributed by atoms with E-state index in [1.165, 1.54) is 12.0 Å². The topological polar surface area (TPSA) is 29.9 Å². The quantitative estimate of drug-likeness (QED) is 0.867. The molecule has 0 fully saturated rings. The number of halogens is 1. The molecule has 0 atom stereocenters. The van der Waals surface area contributed by atoms with E-state index in [4.69, 9.17) is 11.6 Å². The number of benzene rings is 1. The maximum absolute atomic E-state index is 6.17. The zero-order valence-electron chi connectivity index (χ0n) is 10.8. The molecule has 1 N–H and O–H groups in total. The van der Waals surface area contributed by atoms with Crippen molar-refractivity contribution in [3.8, 4) is 0 Å². The van der Waals surface area contributed by atoms with Gasteiger partial charge in [0.05, 0.1) is 10.7 Å². The Morgan fingerprint density at radius 3 is 3.00 bits per heavy atom. The summed E-state index contributed by atoms with van der Waals surface area (Å²) in [6, 6.07) is 5.93.